The molecule has 0 saturated carbocycles. The SMILES string of the molecule is CC1=C(C(=O)OC(C)C)[C@@H](c2cc(C(C)(C)C)c(O)c(C(C)(C)C)c2)NC(=O)N1. The van der Waals surface area contributed by atoms with Crippen molar-refractivity contribution in [2.24, 2.45) is 0 Å². The van der Waals surface area contributed by atoms with E-state index in [1.54, 1.807) is 20.8 Å². The molecule has 1 aliphatic heterocycles. The summed E-state index contributed by atoms with van der Waals surface area (Å²) in [5, 5.41) is 16.5. The minimum absolute atomic E-state index is 0.251. The van der Waals surface area contributed by atoms with E-state index >= 15 is 0 Å². The van der Waals surface area contributed by atoms with Crippen LogP contribution in [0.2, 0.25) is 0 Å². The topological polar surface area (TPSA) is 87.7 Å². The van der Waals surface area contributed by atoms with Gasteiger partial charge >= 0.3 is 12.0 Å². The molecule has 0 aromatic heterocycles. The Hall–Kier alpha value is -2.50. The van der Waals surface area contributed by atoms with Gasteiger partial charge in [-0.15, -0.1) is 0 Å². The highest BCUT2D eigenvalue weighted by atomic mass is 16.5. The average molecular weight is 403 g/mol. The van der Waals surface area contributed by atoms with Crippen molar-refractivity contribution < 1.29 is 19.4 Å². The number of rotatable bonds is 3. The Morgan fingerprint density at radius 1 is 1.07 bits per heavy atom. The van der Waals surface area contributed by atoms with Crippen molar-refractivity contribution in [1.29, 1.82) is 0 Å². The van der Waals surface area contributed by atoms with Crippen LogP contribution in [0, 0.1) is 0 Å². The molecule has 0 fully saturated rings. The third-order valence-corrected chi connectivity index (χ3v) is 4.91. The first kappa shape index (κ1) is 22.8. The lowest BCUT2D eigenvalue weighted by molar-refractivity contribution is -0.143. The lowest BCUT2D eigenvalue weighted by atomic mass is 9.77. The van der Waals surface area contributed by atoms with Gasteiger partial charge in [0.1, 0.15) is 5.75 Å². The number of urea groups is 1. The number of carbonyl (C=O) groups is 2. The first-order valence-electron chi connectivity index (χ1n) is 10.00. The van der Waals surface area contributed by atoms with Crippen LogP contribution in [0.5, 0.6) is 5.75 Å². The van der Waals surface area contributed by atoms with E-state index in [1.165, 1.54) is 0 Å². The molecule has 3 N–H and O–H groups in total. The molecule has 0 unspecified atom stereocenters. The van der Waals surface area contributed by atoms with Crippen LogP contribution in [0.3, 0.4) is 0 Å². The van der Waals surface area contributed by atoms with Crippen LogP contribution in [0.4, 0.5) is 4.79 Å². The van der Waals surface area contributed by atoms with Crippen molar-refractivity contribution in [3.63, 3.8) is 0 Å². The Kier molecular flexibility index (Phi) is 6.07. The van der Waals surface area contributed by atoms with Gasteiger partial charge in [-0.3, -0.25) is 0 Å². The fraction of sp³-hybridized carbons (Fsp3) is 0.565. The Bertz CT molecular complexity index is 820. The first-order chi connectivity index (χ1) is 13.1. The third kappa shape index (κ3) is 4.92. The normalized spacial score (nSPS) is 17.9. The summed E-state index contributed by atoms with van der Waals surface area (Å²) in [4.78, 5) is 25.0. The van der Waals surface area contributed by atoms with Gasteiger partial charge in [0, 0.05) is 5.70 Å². The fourth-order valence-corrected chi connectivity index (χ4v) is 3.46. The monoisotopic (exact) mass is 402 g/mol. The Morgan fingerprint density at radius 3 is 1.97 bits per heavy atom. The maximum absolute atomic E-state index is 12.8. The second-order valence-corrected chi connectivity index (χ2v) is 9.99. The molecule has 6 nitrogen and oxygen atoms in total. The van der Waals surface area contributed by atoms with Gasteiger partial charge in [0.25, 0.3) is 0 Å². The molecule has 160 valence electrons. The molecule has 1 aromatic rings. The average Bonchev–Trinajstić information content (AvgIpc) is 2.51. The van der Waals surface area contributed by atoms with E-state index in [2.05, 4.69) is 10.6 Å². The summed E-state index contributed by atoms with van der Waals surface area (Å²) < 4.78 is 5.43. The summed E-state index contributed by atoms with van der Waals surface area (Å²) in [7, 11) is 0. The summed E-state index contributed by atoms with van der Waals surface area (Å²) in [6.07, 6.45) is -0.281. The zero-order chi connectivity index (χ0) is 22.3. The van der Waals surface area contributed by atoms with Crippen molar-refractivity contribution in [1.82, 2.24) is 10.6 Å². The lowest BCUT2D eigenvalue weighted by Gasteiger charge is -2.32. The third-order valence-electron chi connectivity index (χ3n) is 4.91. The lowest BCUT2D eigenvalue weighted by Crippen LogP contribution is -2.45. The molecule has 6 heteroatoms. The molecule has 2 rings (SSSR count). The maximum atomic E-state index is 12.8. The standard InChI is InChI=1S/C23H34N2O4/c1-12(2)29-20(27)17-13(3)24-21(28)25-18(17)14-10-15(22(4,5)6)19(26)16(11-14)23(7,8)9/h10-12,18,26H,1-9H3,(H2,24,25,28)/t18-/m1/s1. The molecule has 1 atom stereocenters. The van der Waals surface area contributed by atoms with E-state index in [0.717, 1.165) is 16.7 Å². The number of phenolic OH excluding ortho intramolecular Hbond substituents is 1. The number of esters is 1. The van der Waals surface area contributed by atoms with Crippen LogP contribution in [0.25, 0.3) is 0 Å². The Balaban J connectivity index is 2.74. The predicted octanol–water partition coefficient (Wildman–Crippen LogP) is 4.57. The number of hydrogen-bond acceptors (Lipinski definition) is 4. The summed E-state index contributed by atoms with van der Waals surface area (Å²) in [5.41, 5.74) is 2.45. The highest BCUT2D eigenvalue weighted by molar-refractivity contribution is 5.95. The zero-order valence-electron chi connectivity index (χ0n) is 19.0. The van der Waals surface area contributed by atoms with Gasteiger partial charge in [-0.2, -0.15) is 0 Å². The van der Waals surface area contributed by atoms with Crippen molar-refractivity contribution in [3.05, 3.63) is 40.1 Å². The second-order valence-electron chi connectivity index (χ2n) is 9.99. The van der Waals surface area contributed by atoms with E-state index in [1.807, 2.05) is 53.7 Å². The van der Waals surface area contributed by atoms with E-state index in [-0.39, 0.29) is 28.7 Å². The van der Waals surface area contributed by atoms with Crippen molar-refractivity contribution in [3.8, 4) is 5.75 Å². The van der Waals surface area contributed by atoms with Crippen LogP contribution in [0.1, 0.15) is 85.0 Å². The van der Waals surface area contributed by atoms with E-state index in [4.69, 9.17) is 4.74 Å². The maximum Gasteiger partial charge on any atom is 0.338 e. The second kappa shape index (κ2) is 7.73. The van der Waals surface area contributed by atoms with Crippen LogP contribution in [0.15, 0.2) is 23.4 Å². The van der Waals surface area contributed by atoms with Crippen molar-refractivity contribution >= 4 is 12.0 Å². The largest absolute Gasteiger partial charge is 0.507 e. The molecule has 1 heterocycles. The number of amides is 2. The van der Waals surface area contributed by atoms with E-state index in [0.29, 0.717) is 11.3 Å². The molecule has 0 bridgehead atoms. The van der Waals surface area contributed by atoms with Crippen molar-refractivity contribution in [2.45, 2.75) is 85.3 Å². The molecule has 1 aromatic carbocycles. The molecule has 0 aliphatic carbocycles. The number of aromatic hydroxyl groups is 1. The molecular formula is C23H34N2O4. The number of benzene rings is 1. The summed E-state index contributed by atoms with van der Waals surface area (Å²) >= 11 is 0. The zero-order valence-corrected chi connectivity index (χ0v) is 19.0. The fourth-order valence-electron chi connectivity index (χ4n) is 3.46. The van der Waals surface area contributed by atoms with Crippen LogP contribution in [-0.2, 0) is 20.4 Å². The quantitative estimate of drug-likeness (QED) is 0.647. The number of carbonyl (C=O) groups excluding carboxylic acids is 2. The van der Waals surface area contributed by atoms with Gasteiger partial charge in [-0.05, 0) is 60.4 Å². The molecule has 0 saturated heterocycles. The number of ether oxygens (including phenoxy) is 1. The highest BCUT2D eigenvalue weighted by Crippen LogP contribution is 2.42. The van der Waals surface area contributed by atoms with Gasteiger partial charge in [-0.1, -0.05) is 41.5 Å². The van der Waals surface area contributed by atoms with Gasteiger partial charge < -0.3 is 20.5 Å². The van der Waals surface area contributed by atoms with Gasteiger partial charge in [0.05, 0.1) is 17.7 Å². The van der Waals surface area contributed by atoms with Crippen LogP contribution >= 0.6 is 0 Å². The number of nitrogens with one attached hydrogen (secondary N) is 2. The summed E-state index contributed by atoms with van der Waals surface area (Å²) in [6.45, 7) is 17.4. The van der Waals surface area contributed by atoms with Crippen LogP contribution < -0.4 is 10.6 Å². The molecule has 0 radical (unpaired) electrons. The van der Waals surface area contributed by atoms with Gasteiger partial charge in [0.2, 0.25) is 0 Å². The van der Waals surface area contributed by atoms with E-state index < -0.39 is 12.0 Å². The molecule has 1 aliphatic rings. The Labute approximate surface area is 173 Å². The Morgan fingerprint density at radius 2 is 1.55 bits per heavy atom. The number of allylic oxidation sites excluding steroid dienone is 1. The highest BCUT2D eigenvalue weighted by Gasteiger charge is 2.35. The van der Waals surface area contributed by atoms with Crippen molar-refractivity contribution in [2.75, 3.05) is 0 Å². The number of hydrogen-bond donors (Lipinski definition) is 3. The van der Waals surface area contributed by atoms with Crippen LogP contribution in [-0.4, -0.2) is 23.2 Å². The molecular weight excluding hydrogens is 368 g/mol. The smallest absolute Gasteiger partial charge is 0.338 e. The minimum atomic E-state index is -0.669. The first-order valence-corrected chi connectivity index (χ1v) is 10.00. The summed E-state index contributed by atoms with van der Waals surface area (Å²) in [6, 6.07) is 2.70. The number of phenols is 1. The minimum Gasteiger partial charge on any atom is -0.507 e. The summed E-state index contributed by atoms with van der Waals surface area (Å²) in [5.74, 6) is -0.223. The van der Waals surface area contributed by atoms with Gasteiger partial charge in [-0.25, -0.2) is 9.59 Å². The molecule has 29 heavy (non-hydrogen) atoms. The van der Waals surface area contributed by atoms with E-state index in [9.17, 15) is 14.7 Å². The van der Waals surface area contributed by atoms with Gasteiger partial charge in [0.15, 0.2) is 0 Å². The molecule has 0 spiro atoms. The predicted molar refractivity (Wildman–Crippen MR) is 114 cm³/mol. The molecule has 2 amide bonds.